The Kier molecular flexibility index (Phi) is 5.54. The molecule has 0 aromatic carbocycles. The van der Waals surface area contributed by atoms with Crippen molar-refractivity contribution >= 4 is 58.4 Å². The highest BCUT2D eigenvalue weighted by Crippen LogP contribution is 2.30. The summed E-state index contributed by atoms with van der Waals surface area (Å²) in [7, 11) is -1.48. The van der Waals surface area contributed by atoms with Crippen LogP contribution >= 0.6 is 22.7 Å². The van der Waals surface area contributed by atoms with Gasteiger partial charge in [-0.1, -0.05) is 19.6 Å². The molecule has 2 aromatic rings. The van der Waals surface area contributed by atoms with Gasteiger partial charge in [0, 0.05) is 22.7 Å². The summed E-state index contributed by atoms with van der Waals surface area (Å²) in [6.45, 7) is 9.80. The summed E-state index contributed by atoms with van der Waals surface area (Å²) in [5, 5.41) is 5.25. The second-order valence-corrected chi connectivity index (χ2v) is 14.2. The number of thiazole rings is 1. The average Bonchev–Trinajstić information content (AvgIpc) is 3.24. The van der Waals surface area contributed by atoms with Crippen LogP contribution in [0.15, 0.2) is 11.4 Å². The number of ether oxygens (including phenoxy) is 2. The van der Waals surface area contributed by atoms with Gasteiger partial charge >= 0.3 is 0 Å². The Morgan fingerprint density at radius 2 is 2.04 bits per heavy atom. The minimum absolute atomic E-state index is 0.107. The smallest absolute Gasteiger partial charge is 0.223 e. The number of rotatable bonds is 5. The van der Waals surface area contributed by atoms with Crippen molar-refractivity contribution < 1.29 is 14.3 Å². The van der Waals surface area contributed by atoms with Crippen molar-refractivity contribution in [1.82, 2.24) is 4.98 Å². The molecule has 134 valence electrons. The van der Waals surface area contributed by atoms with Gasteiger partial charge in [-0.25, -0.2) is 4.98 Å². The highest BCUT2D eigenvalue weighted by molar-refractivity contribution is 7.27. The van der Waals surface area contributed by atoms with Crippen molar-refractivity contribution in [3.63, 3.8) is 0 Å². The van der Waals surface area contributed by atoms with Crippen molar-refractivity contribution in [3.05, 3.63) is 27.6 Å². The fourth-order valence-corrected chi connectivity index (χ4v) is 6.73. The van der Waals surface area contributed by atoms with Crippen LogP contribution in [-0.4, -0.2) is 32.2 Å². The number of carbonyl (C=O) groups excluding carboxylic acids is 1. The second-order valence-electron chi connectivity index (χ2n) is 6.85. The van der Waals surface area contributed by atoms with Gasteiger partial charge in [0.15, 0.2) is 11.4 Å². The van der Waals surface area contributed by atoms with Crippen molar-refractivity contribution in [2.75, 3.05) is 18.5 Å². The molecule has 0 bridgehead atoms. The predicted molar refractivity (Wildman–Crippen MR) is 107 cm³/mol. The van der Waals surface area contributed by atoms with Crippen molar-refractivity contribution in [2.45, 2.75) is 32.9 Å². The summed E-state index contributed by atoms with van der Waals surface area (Å²) in [6, 6.07) is 2.17. The molecular formula is C17H22N2O3S2Si. The summed E-state index contributed by atoms with van der Waals surface area (Å²) >= 11 is 3.23. The molecule has 8 heteroatoms. The third-order valence-corrected chi connectivity index (χ3v) is 9.06. The molecule has 3 heterocycles. The maximum Gasteiger partial charge on any atom is 0.223 e. The van der Waals surface area contributed by atoms with Gasteiger partial charge in [-0.05, 0) is 22.7 Å². The molecule has 1 saturated heterocycles. The van der Waals surface area contributed by atoms with E-state index in [0.29, 0.717) is 18.3 Å². The molecule has 0 spiro atoms. The lowest BCUT2D eigenvalue weighted by atomic mass is 10.3. The molecule has 0 saturated carbocycles. The van der Waals surface area contributed by atoms with Crippen LogP contribution in [0.5, 0.6) is 0 Å². The Hall–Kier alpha value is -1.32. The first kappa shape index (κ1) is 18.5. The van der Waals surface area contributed by atoms with E-state index < -0.39 is 8.07 Å². The van der Waals surface area contributed by atoms with Gasteiger partial charge in [-0.3, -0.25) is 4.79 Å². The third-order valence-electron chi connectivity index (χ3n) is 3.56. The number of carbonyl (C=O) groups is 1. The number of nitrogens with one attached hydrogen (secondary N) is 1. The second kappa shape index (κ2) is 7.51. The molecule has 1 fully saturated rings. The van der Waals surface area contributed by atoms with Gasteiger partial charge in [-0.15, -0.1) is 22.7 Å². The molecule has 2 aromatic heterocycles. The van der Waals surface area contributed by atoms with Crippen molar-refractivity contribution in [3.8, 4) is 0 Å². The van der Waals surface area contributed by atoms with Crippen LogP contribution in [0.1, 0.15) is 29.3 Å². The largest absolute Gasteiger partial charge is 0.346 e. The Morgan fingerprint density at radius 3 is 2.68 bits per heavy atom. The number of aromatic nitrogens is 1. The molecule has 1 aliphatic rings. The molecule has 3 rings (SSSR count). The highest BCUT2D eigenvalue weighted by Gasteiger charge is 2.30. The van der Waals surface area contributed by atoms with E-state index in [2.05, 4.69) is 42.1 Å². The number of amides is 1. The van der Waals surface area contributed by atoms with Crippen molar-refractivity contribution in [2.24, 2.45) is 0 Å². The molecule has 1 amide bonds. The minimum atomic E-state index is -1.48. The lowest BCUT2D eigenvalue weighted by molar-refractivity contribution is -0.114. The topological polar surface area (TPSA) is 60.5 Å². The molecule has 1 aliphatic heterocycles. The maximum absolute atomic E-state index is 11.1. The summed E-state index contributed by atoms with van der Waals surface area (Å²) in [5.41, 5.74) is 2.02. The normalized spacial score (nSPS) is 16.0. The van der Waals surface area contributed by atoms with E-state index in [4.69, 9.17) is 9.47 Å². The summed E-state index contributed by atoms with van der Waals surface area (Å²) < 4.78 is 12.9. The standard InChI is InChI=1S/C17H22N2O3S2Si/c1-11(20)18-17-19-12(10-23-17)5-6-13-9-14(15-21-7-8-22-15)16(24-13)25(2,3)4/h5-6,9-10,15H,7-8H2,1-4H3,(H,18,19,20)/b6-5+. The van der Waals surface area contributed by atoms with Gasteiger partial charge in [-0.2, -0.15) is 0 Å². The fraction of sp³-hybridized carbons (Fsp3) is 0.412. The number of nitrogens with zero attached hydrogens (tertiary/aromatic N) is 1. The maximum atomic E-state index is 11.1. The molecule has 5 nitrogen and oxygen atoms in total. The molecular weight excluding hydrogens is 372 g/mol. The Labute approximate surface area is 156 Å². The third kappa shape index (κ3) is 4.65. The van der Waals surface area contributed by atoms with Gasteiger partial charge < -0.3 is 14.8 Å². The molecule has 25 heavy (non-hydrogen) atoms. The van der Waals surface area contributed by atoms with E-state index in [1.165, 1.54) is 33.2 Å². The number of thiophene rings is 1. The van der Waals surface area contributed by atoms with Crippen LogP contribution in [0.25, 0.3) is 12.2 Å². The molecule has 1 N–H and O–H groups in total. The summed E-state index contributed by atoms with van der Waals surface area (Å²) in [6.07, 6.45) is 3.81. The molecule has 0 radical (unpaired) electrons. The quantitative estimate of drug-likeness (QED) is 0.781. The van der Waals surface area contributed by atoms with E-state index in [1.807, 2.05) is 22.8 Å². The van der Waals surface area contributed by atoms with E-state index in [-0.39, 0.29) is 12.2 Å². The zero-order valence-corrected chi connectivity index (χ0v) is 17.4. The number of anilines is 1. The van der Waals surface area contributed by atoms with E-state index in [1.54, 1.807) is 0 Å². The Bertz CT molecular complexity index is 786. The van der Waals surface area contributed by atoms with E-state index in [9.17, 15) is 4.79 Å². The van der Waals surface area contributed by atoms with Crippen molar-refractivity contribution in [1.29, 1.82) is 0 Å². The predicted octanol–water partition coefficient (Wildman–Crippen LogP) is 3.92. The van der Waals surface area contributed by atoms with E-state index >= 15 is 0 Å². The van der Waals surface area contributed by atoms with Crippen LogP contribution in [0.4, 0.5) is 5.13 Å². The van der Waals surface area contributed by atoms with Gasteiger partial charge in [0.2, 0.25) is 5.91 Å². The average molecular weight is 395 g/mol. The lowest BCUT2D eigenvalue weighted by Gasteiger charge is -2.19. The number of hydrogen-bond acceptors (Lipinski definition) is 6. The molecule has 0 unspecified atom stereocenters. The van der Waals surface area contributed by atoms with E-state index in [0.717, 1.165) is 5.69 Å². The first-order chi connectivity index (χ1) is 11.8. The lowest BCUT2D eigenvalue weighted by Crippen LogP contribution is -2.38. The Balaban J connectivity index is 1.82. The van der Waals surface area contributed by atoms with Gasteiger partial charge in [0.1, 0.15) is 0 Å². The van der Waals surface area contributed by atoms with Crippen LogP contribution in [-0.2, 0) is 14.3 Å². The number of hydrogen-bond donors (Lipinski definition) is 1. The van der Waals surface area contributed by atoms with Crippen LogP contribution < -0.4 is 9.82 Å². The zero-order valence-electron chi connectivity index (χ0n) is 14.8. The molecule has 0 aliphatic carbocycles. The Morgan fingerprint density at radius 1 is 1.32 bits per heavy atom. The molecule has 0 atom stereocenters. The monoisotopic (exact) mass is 394 g/mol. The van der Waals surface area contributed by atoms with Gasteiger partial charge in [0.05, 0.1) is 27.0 Å². The van der Waals surface area contributed by atoms with Crippen LogP contribution in [0.3, 0.4) is 0 Å². The zero-order chi connectivity index (χ0) is 18.0. The minimum Gasteiger partial charge on any atom is -0.346 e. The van der Waals surface area contributed by atoms with Gasteiger partial charge in [0.25, 0.3) is 0 Å². The first-order valence-electron chi connectivity index (χ1n) is 8.11. The fourth-order valence-electron chi connectivity index (χ4n) is 2.54. The summed E-state index contributed by atoms with van der Waals surface area (Å²) in [4.78, 5) is 16.6. The van der Waals surface area contributed by atoms with Crippen LogP contribution in [0, 0.1) is 0 Å². The summed E-state index contributed by atoms with van der Waals surface area (Å²) in [5.74, 6) is -0.107. The highest BCUT2D eigenvalue weighted by atomic mass is 32.1. The SMILES string of the molecule is CC(=O)Nc1nc(/C=C/c2cc(C3OCCO3)c([Si](C)(C)C)s2)cs1. The first-order valence-corrected chi connectivity index (χ1v) is 13.3. The van der Waals surface area contributed by atoms with Crippen LogP contribution in [0.2, 0.25) is 19.6 Å².